The molecule has 2 aromatic heterocycles. The van der Waals surface area contributed by atoms with Crippen molar-refractivity contribution in [1.82, 2.24) is 24.6 Å². The highest BCUT2D eigenvalue weighted by Gasteiger charge is 2.12. The molecule has 0 amide bonds. The molecule has 0 saturated carbocycles. The first-order chi connectivity index (χ1) is 9.11. The van der Waals surface area contributed by atoms with E-state index in [1.54, 1.807) is 11.3 Å². The van der Waals surface area contributed by atoms with Gasteiger partial charge in [0.15, 0.2) is 10.6 Å². The molecule has 2 heterocycles. The van der Waals surface area contributed by atoms with Gasteiger partial charge in [0.1, 0.15) is 5.01 Å². The molecule has 104 valence electrons. The van der Waals surface area contributed by atoms with Gasteiger partial charge in [-0.1, -0.05) is 13.3 Å². The number of hydrogen-bond acceptors (Lipinski definition) is 5. The molecule has 0 unspecified atom stereocenters. The van der Waals surface area contributed by atoms with Gasteiger partial charge in [-0.3, -0.25) is 9.67 Å². The highest BCUT2D eigenvalue weighted by atomic mass is 32.1. The zero-order valence-electron chi connectivity index (χ0n) is 11.5. The lowest BCUT2D eigenvalue weighted by Gasteiger charge is -2.05. The Hall–Kier alpha value is -1.05. The minimum absolute atomic E-state index is 0.686. The van der Waals surface area contributed by atoms with E-state index in [-0.39, 0.29) is 0 Å². The lowest BCUT2D eigenvalue weighted by Crippen LogP contribution is -2.09. The van der Waals surface area contributed by atoms with Crippen molar-refractivity contribution in [2.75, 3.05) is 14.1 Å². The maximum Gasteiger partial charge on any atom is 0.195 e. The molecule has 0 aliphatic heterocycles. The van der Waals surface area contributed by atoms with E-state index in [2.05, 4.69) is 31.6 Å². The highest BCUT2D eigenvalue weighted by Crippen LogP contribution is 2.25. The van der Waals surface area contributed by atoms with E-state index in [4.69, 9.17) is 12.2 Å². The molecule has 0 aliphatic rings. The summed E-state index contributed by atoms with van der Waals surface area (Å²) in [6.07, 6.45) is 4.13. The first-order valence-electron chi connectivity index (χ1n) is 6.36. The first kappa shape index (κ1) is 14.4. The van der Waals surface area contributed by atoms with Gasteiger partial charge in [-0.15, -0.1) is 11.3 Å². The Balaban J connectivity index is 2.26. The number of nitrogens with zero attached hydrogens (tertiary/aromatic N) is 4. The summed E-state index contributed by atoms with van der Waals surface area (Å²) in [7, 11) is 4.08. The summed E-state index contributed by atoms with van der Waals surface area (Å²) in [6.45, 7) is 3.93. The lowest BCUT2D eigenvalue weighted by molar-refractivity contribution is 0.401. The monoisotopic (exact) mass is 297 g/mol. The molecule has 5 nitrogen and oxygen atoms in total. The molecule has 0 spiro atoms. The summed E-state index contributed by atoms with van der Waals surface area (Å²) < 4.78 is 2.75. The topological polar surface area (TPSA) is 49.7 Å². The van der Waals surface area contributed by atoms with Crippen LogP contribution in [0.4, 0.5) is 0 Å². The van der Waals surface area contributed by atoms with E-state index in [1.165, 1.54) is 0 Å². The lowest BCUT2D eigenvalue weighted by atomic mass is 10.3. The van der Waals surface area contributed by atoms with Crippen molar-refractivity contribution in [3.63, 3.8) is 0 Å². The fourth-order valence-corrected chi connectivity index (χ4v) is 3.04. The quantitative estimate of drug-likeness (QED) is 0.833. The van der Waals surface area contributed by atoms with Crippen LogP contribution in [0, 0.1) is 4.77 Å². The second-order valence-electron chi connectivity index (χ2n) is 4.71. The predicted molar refractivity (Wildman–Crippen MR) is 80.8 cm³/mol. The van der Waals surface area contributed by atoms with Gasteiger partial charge in [-0.05, 0) is 32.7 Å². The molecular weight excluding hydrogens is 278 g/mol. The van der Waals surface area contributed by atoms with E-state index in [0.717, 1.165) is 41.6 Å². The van der Waals surface area contributed by atoms with Gasteiger partial charge < -0.3 is 4.90 Å². The SMILES string of the molecule is CCCCn1c(-c2cnc(CN(C)C)s2)n[nH]c1=S. The van der Waals surface area contributed by atoms with E-state index in [0.29, 0.717) is 4.77 Å². The van der Waals surface area contributed by atoms with Crippen molar-refractivity contribution in [2.24, 2.45) is 0 Å². The van der Waals surface area contributed by atoms with Crippen molar-refractivity contribution >= 4 is 23.6 Å². The van der Waals surface area contributed by atoms with Crippen LogP contribution < -0.4 is 0 Å². The number of unbranched alkanes of at least 4 members (excludes halogenated alkanes) is 1. The molecule has 1 N–H and O–H groups in total. The number of hydrogen-bond donors (Lipinski definition) is 1. The van der Waals surface area contributed by atoms with Gasteiger partial charge in [0, 0.05) is 19.3 Å². The summed E-state index contributed by atoms with van der Waals surface area (Å²) in [4.78, 5) is 7.62. The van der Waals surface area contributed by atoms with Crippen LogP contribution in [0.15, 0.2) is 6.20 Å². The van der Waals surface area contributed by atoms with Gasteiger partial charge in [0.2, 0.25) is 0 Å². The van der Waals surface area contributed by atoms with E-state index >= 15 is 0 Å². The zero-order valence-corrected chi connectivity index (χ0v) is 13.1. The van der Waals surface area contributed by atoms with E-state index in [9.17, 15) is 0 Å². The maximum absolute atomic E-state index is 5.28. The third-order valence-corrected chi connectivity index (χ3v) is 4.01. The number of aromatic amines is 1. The Morgan fingerprint density at radius 3 is 2.95 bits per heavy atom. The molecule has 0 aliphatic carbocycles. The van der Waals surface area contributed by atoms with Crippen molar-refractivity contribution in [3.8, 4) is 10.7 Å². The molecule has 0 bridgehead atoms. The predicted octanol–water partition coefficient (Wildman–Crippen LogP) is 2.93. The molecular formula is C12H19N5S2. The molecule has 0 fully saturated rings. The number of nitrogens with one attached hydrogen (secondary N) is 1. The Morgan fingerprint density at radius 1 is 1.47 bits per heavy atom. The van der Waals surface area contributed by atoms with Crippen LogP contribution in [0.25, 0.3) is 10.7 Å². The third-order valence-electron chi connectivity index (χ3n) is 2.72. The van der Waals surface area contributed by atoms with E-state index < -0.39 is 0 Å². The Labute approximate surface area is 122 Å². The summed E-state index contributed by atoms with van der Waals surface area (Å²) >= 11 is 6.96. The summed E-state index contributed by atoms with van der Waals surface area (Å²) in [6, 6.07) is 0. The van der Waals surface area contributed by atoms with Gasteiger partial charge in [0.25, 0.3) is 0 Å². The smallest absolute Gasteiger partial charge is 0.195 e. The van der Waals surface area contributed by atoms with E-state index in [1.807, 2.05) is 20.3 Å². The van der Waals surface area contributed by atoms with Crippen LogP contribution in [0.5, 0.6) is 0 Å². The van der Waals surface area contributed by atoms with Gasteiger partial charge in [-0.2, -0.15) is 5.10 Å². The van der Waals surface area contributed by atoms with Crippen molar-refractivity contribution in [3.05, 3.63) is 16.0 Å². The molecule has 0 aromatic carbocycles. The standard InChI is InChI=1S/C12H19N5S2/c1-4-5-6-17-11(14-15-12(17)18)9-7-13-10(19-9)8-16(2)3/h7H,4-6,8H2,1-3H3,(H,15,18). The minimum atomic E-state index is 0.686. The molecule has 19 heavy (non-hydrogen) atoms. The Bertz CT molecular complexity index is 581. The Kier molecular flexibility index (Phi) is 4.84. The van der Waals surface area contributed by atoms with Gasteiger partial charge >= 0.3 is 0 Å². The fourth-order valence-electron chi connectivity index (χ4n) is 1.79. The molecule has 7 heteroatoms. The number of H-pyrrole nitrogens is 1. The summed E-state index contributed by atoms with van der Waals surface area (Å²) in [5, 5.41) is 8.31. The molecule has 0 atom stereocenters. The number of thiazole rings is 1. The highest BCUT2D eigenvalue weighted by molar-refractivity contribution is 7.71. The van der Waals surface area contributed by atoms with Crippen molar-refractivity contribution in [1.29, 1.82) is 0 Å². The van der Waals surface area contributed by atoms with Crippen molar-refractivity contribution < 1.29 is 0 Å². The second kappa shape index (κ2) is 6.40. The van der Waals surface area contributed by atoms with Crippen LogP contribution in [0.2, 0.25) is 0 Å². The van der Waals surface area contributed by atoms with Crippen LogP contribution >= 0.6 is 23.6 Å². The normalized spacial score (nSPS) is 11.4. The zero-order chi connectivity index (χ0) is 13.8. The molecule has 2 aromatic rings. The van der Waals surface area contributed by atoms with Crippen LogP contribution in [0.1, 0.15) is 24.8 Å². The average Bonchev–Trinajstić information content (AvgIpc) is 2.93. The third kappa shape index (κ3) is 3.49. The number of aromatic nitrogens is 4. The molecule has 2 rings (SSSR count). The molecule has 0 radical (unpaired) electrons. The van der Waals surface area contributed by atoms with Crippen LogP contribution in [-0.2, 0) is 13.1 Å². The second-order valence-corrected chi connectivity index (χ2v) is 6.22. The van der Waals surface area contributed by atoms with Gasteiger partial charge in [-0.25, -0.2) is 4.98 Å². The number of rotatable bonds is 6. The van der Waals surface area contributed by atoms with Gasteiger partial charge in [0.05, 0.1) is 4.88 Å². The summed E-state index contributed by atoms with van der Waals surface area (Å²) in [5.74, 6) is 0.904. The maximum atomic E-state index is 5.28. The van der Waals surface area contributed by atoms with Crippen molar-refractivity contribution in [2.45, 2.75) is 32.9 Å². The fraction of sp³-hybridized carbons (Fsp3) is 0.583. The first-order valence-corrected chi connectivity index (χ1v) is 7.59. The minimum Gasteiger partial charge on any atom is -0.303 e. The van der Waals surface area contributed by atoms with Crippen LogP contribution in [-0.4, -0.2) is 38.7 Å². The average molecular weight is 297 g/mol. The van der Waals surface area contributed by atoms with Crippen LogP contribution in [0.3, 0.4) is 0 Å². The largest absolute Gasteiger partial charge is 0.303 e. The Morgan fingerprint density at radius 2 is 2.26 bits per heavy atom. The summed E-state index contributed by atoms with van der Waals surface area (Å²) in [5.41, 5.74) is 0. The molecule has 0 saturated heterocycles.